The van der Waals surface area contributed by atoms with Crippen molar-refractivity contribution in [3.63, 3.8) is 0 Å². The van der Waals surface area contributed by atoms with Gasteiger partial charge in [-0.05, 0) is 20.0 Å². The standard InChI is InChI=1S/C8H18N2.C2H6/c1-4-8(9-3)6-10(5-2)7-8;1-2/h9H,4-7H2,1-3H3;1-2H3. The first-order valence-electron chi connectivity index (χ1n) is 5.17. The first-order chi connectivity index (χ1) is 5.76. The van der Waals surface area contributed by atoms with Crippen LogP contribution in [0.5, 0.6) is 0 Å². The molecule has 0 aliphatic carbocycles. The van der Waals surface area contributed by atoms with Crippen LogP contribution in [0.25, 0.3) is 0 Å². The minimum atomic E-state index is 0.454. The Kier molecular flexibility index (Phi) is 5.51. The Morgan fingerprint density at radius 2 is 1.75 bits per heavy atom. The maximum atomic E-state index is 3.39. The summed E-state index contributed by atoms with van der Waals surface area (Å²) in [5.74, 6) is 0. The van der Waals surface area contributed by atoms with E-state index in [0.29, 0.717) is 5.54 Å². The van der Waals surface area contributed by atoms with E-state index in [0.717, 1.165) is 0 Å². The van der Waals surface area contributed by atoms with Crippen LogP contribution < -0.4 is 5.32 Å². The first-order valence-corrected chi connectivity index (χ1v) is 5.17. The topological polar surface area (TPSA) is 15.3 Å². The normalized spacial score (nSPS) is 20.8. The molecule has 12 heavy (non-hydrogen) atoms. The molecule has 0 unspecified atom stereocenters. The zero-order valence-corrected chi connectivity index (χ0v) is 9.28. The molecule has 1 aliphatic rings. The van der Waals surface area contributed by atoms with E-state index >= 15 is 0 Å². The predicted molar refractivity (Wildman–Crippen MR) is 55.5 cm³/mol. The Hall–Kier alpha value is -0.0800. The van der Waals surface area contributed by atoms with Crippen molar-refractivity contribution in [2.45, 2.75) is 39.7 Å². The van der Waals surface area contributed by atoms with Crippen molar-refractivity contribution < 1.29 is 0 Å². The highest BCUT2D eigenvalue weighted by molar-refractivity contribution is 5.00. The van der Waals surface area contributed by atoms with Crippen molar-refractivity contribution in [3.05, 3.63) is 0 Å². The second-order valence-electron chi connectivity index (χ2n) is 3.19. The van der Waals surface area contributed by atoms with E-state index < -0.39 is 0 Å². The third kappa shape index (κ3) is 2.46. The van der Waals surface area contributed by atoms with Gasteiger partial charge in [-0.1, -0.05) is 27.7 Å². The second kappa shape index (κ2) is 5.55. The Morgan fingerprint density at radius 3 is 2.00 bits per heavy atom. The van der Waals surface area contributed by atoms with E-state index in [1.54, 1.807) is 0 Å². The fraction of sp³-hybridized carbons (Fsp3) is 1.00. The van der Waals surface area contributed by atoms with Crippen LogP contribution in [0.1, 0.15) is 34.1 Å². The summed E-state index contributed by atoms with van der Waals surface area (Å²) in [7, 11) is 2.07. The molecular formula is C10H24N2. The molecule has 0 atom stereocenters. The van der Waals surface area contributed by atoms with Crippen LogP contribution in [-0.4, -0.2) is 37.1 Å². The van der Waals surface area contributed by atoms with Crippen molar-refractivity contribution in [1.29, 1.82) is 0 Å². The average Bonchev–Trinajstić information content (AvgIpc) is 2.09. The lowest BCUT2D eigenvalue weighted by atomic mass is 9.87. The molecule has 0 bridgehead atoms. The molecule has 0 radical (unpaired) electrons. The molecule has 2 nitrogen and oxygen atoms in total. The summed E-state index contributed by atoms with van der Waals surface area (Å²) in [5.41, 5.74) is 0.454. The smallest absolute Gasteiger partial charge is 0.0432 e. The minimum absolute atomic E-state index is 0.454. The zero-order chi connectivity index (χ0) is 9.61. The third-order valence-corrected chi connectivity index (χ3v) is 2.71. The molecule has 74 valence electrons. The van der Waals surface area contributed by atoms with Gasteiger partial charge in [0.15, 0.2) is 0 Å². The number of nitrogens with one attached hydrogen (secondary N) is 1. The van der Waals surface area contributed by atoms with Crippen LogP contribution in [0.2, 0.25) is 0 Å². The summed E-state index contributed by atoms with van der Waals surface area (Å²) >= 11 is 0. The van der Waals surface area contributed by atoms with Crippen molar-refractivity contribution in [3.8, 4) is 0 Å². The van der Waals surface area contributed by atoms with Crippen LogP contribution in [-0.2, 0) is 0 Å². The maximum absolute atomic E-state index is 3.39. The van der Waals surface area contributed by atoms with Gasteiger partial charge < -0.3 is 5.32 Å². The maximum Gasteiger partial charge on any atom is 0.0432 e. The molecule has 1 N–H and O–H groups in total. The molecule has 0 spiro atoms. The van der Waals surface area contributed by atoms with Gasteiger partial charge in [-0.3, -0.25) is 4.90 Å². The molecule has 1 fully saturated rings. The summed E-state index contributed by atoms with van der Waals surface area (Å²) in [6.07, 6.45) is 1.25. The highest BCUT2D eigenvalue weighted by Crippen LogP contribution is 2.22. The molecule has 2 heteroatoms. The molecule has 1 saturated heterocycles. The van der Waals surface area contributed by atoms with E-state index in [9.17, 15) is 0 Å². The molecule has 1 heterocycles. The van der Waals surface area contributed by atoms with Crippen LogP contribution in [0.15, 0.2) is 0 Å². The first kappa shape index (κ1) is 11.9. The quantitative estimate of drug-likeness (QED) is 0.697. The van der Waals surface area contributed by atoms with Crippen LogP contribution in [0, 0.1) is 0 Å². The summed E-state index contributed by atoms with van der Waals surface area (Å²) < 4.78 is 0. The van der Waals surface area contributed by atoms with E-state index in [1.165, 1.54) is 26.1 Å². The van der Waals surface area contributed by atoms with Gasteiger partial charge in [-0.2, -0.15) is 0 Å². The Bertz CT molecular complexity index is 100. The van der Waals surface area contributed by atoms with Crippen molar-refractivity contribution in [2.75, 3.05) is 26.7 Å². The monoisotopic (exact) mass is 172 g/mol. The number of rotatable bonds is 3. The number of hydrogen-bond acceptors (Lipinski definition) is 2. The van der Waals surface area contributed by atoms with Gasteiger partial charge in [0, 0.05) is 18.6 Å². The summed E-state index contributed by atoms with van der Waals surface area (Å²) in [6.45, 7) is 12.1. The molecule has 0 aromatic heterocycles. The molecular weight excluding hydrogens is 148 g/mol. The van der Waals surface area contributed by atoms with Gasteiger partial charge in [0.25, 0.3) is 0 Å². The number of likely N-dealkylation sites (N-methyl/N-ethyl adjacent to an activating group) is 2. The van der Waals surface area contributed by atoms with Gasteiger partial charge in [-0.25, -0.2) is 0 Å². The Morgan fingerprint density at radius 1 is 1.25 bits per heavy atom. The van der Waals surface area contributed by atoms with Crippen LogP contribution >= 0.6 is 0 Å². The van der Waals surface area contributed by atoms with E-state index in [2.05, 4.69) is 31.1 Å². The highest BCUT2D eigenvalue weighted by atomic mass is 15.3. The van der Waals surface area contributed by atoms with Crippen LogP contribution in [0.4, 0.5) is 0 Å². The van der Waals surface area contributed by atoms with E-state index in [-0.39, 0.29) is 0 Å². The highest BCUT2D eigenvalue weighted by Gasteiger charge is 2.38. The third-order valence-electron chi connectivity index (χ3n) is 2.71. The zero-order valence-electron chi connectivity index (χ0n) is 9.28. The second-order valence-corrected chi connectivity index (χ2v) is 3.19. The fourth-order valence-corrected chi connectivity index (χ4v) is 1.59. The van der Waals surface area contributed by atoms with Crippen LogP contribution in [0.3, 0.4) is 0 Å². The predicted octanol–water partition coefficient (Wildman–Crippen LogP) is 1.72. The summed E-state index contributed by atoms with van der Waals surface area (Å²) in [4.78, 5) is 2.46. The van der Waals surface area contributed by atoms with Crippen molar-refractivity contribution in [1.82, 2.24) is 10.2 Å². The molecule has 1 aliphatic heterocycles. The summed E-state index contributed by atoms with van der Waals surface area (Å²) in [5, 5.41) is 3.39. The van der Waals surface area contributed by atoms with Gasteiger partial charge in [-0.15, -0.1) is 0 Å². The number of hydrogen-bond donors (Lipinski definition) is 1. The lowest BCUT2D eigenvalue weighted by molar-refractivity contribution is 0.0491. The SMILES string of the molecule is CC.CCN1CC(CC)(NC)C1. The van der Waals surface area contributed by atoms with E-state index in [1.807, 2.05) is 13.8 Å². The lowest BCUT2D eigenvalue weighted by Gasteiger charge is -2.49. The van der Waals surface area contributed by atoms with Gasteiger partial charge in [0.1, 0.15) is 0 Å². The van der Waals surface area contributed by atoms with E-state index in [4.69, 9.17) is 0 Å². The molecule has 0 aromatic carbocycles. The number of nitrogens with zero attached hydrogens (tertiary/aromatic N) is 1. The molecule has 0 saturated carbocycles. The number of likely N-dealkylation sites (tertiary alicyclic amines) is 1. The molecule has 1 rings (SSSR count). The average molecular weight is 172 g/mol. The minimum Gasteiger partial charge on any atom is -0.312 e. The van der Waals surface area contributed by atoms with Crippen molar-refractivity contribution >= 4 is 0 Å². The fourth-order valence-electron chi connectivity index (χ4n) is 1.59. The van der Waals surface area contributed by atoms with Gasteiger partial charge in [0.05, 0.1) is 0 Å². The largest absolute Gasteiger partial charge is 0.312 e. The van der Waals surface area contributed by atoms with Gasteiger partial charge in [0.2, 0.25) is 0 Å². The molecule has 0 aromatic rings. The van der Waals surface area contributed by atoms with Gasteiger partial charge >= 0.3 is 0 Å². The van der Waals surface area contributed by atoms with Crippen molar-refractivity contribution in [2.24, 2.45) is 0 Å². The summed E-state index contributed by atoms with van der Waals surface area (Å²) in [6, 6.07) is 0. The Labute approximate surface area is 77.3 Å². The Balaban J connectivity index is 0.000000561. The molecule has 0 amide bonds. The lowest BCUT2D eigenvalue weighted by Crippen LogP contribution is -2.67.